The van der Waals surface area contributed by atoms with Gasteiger partial charge in [0.25, 0.3) is 0 Å². The first kappa shape index (κ1) is 11.1. The van der Waals surface area contributed by atoms with E-state index >= 15 is 0 Å². The fourth-order valence-corrected chi connectivity index (χ4v) is 2.71. The second kappa shape index (κ2) is 5.08. The molecule has 0 saturated carbocycles. The van der Waals surface area contributed by atoms with Crippen LogP contribution in [0.4, 0.5) is 0 Å². The molecule has 16 heavy (non-hydrogen) atoms. The van der Waals surface area contributed by atoms with Gasteiger partial charge in [0, 0.05) is 11.1 Å². The zero-order valence-corrected chi connectivity index (χ0v) is 10.4. The summed E-state index contributed by atoms with van der Waals surface area (Å²) in [4.78, 5) is 7.07. The van der Waals surface area contributed by atoms with E-state index in [1.165, 1.54) is 15.3 Å². The molecule has 0 aliphatic rings. The Balaban J connectivity index is 2.31. The fourth-order valence-electron chi connectivity index (χ4n) is 1.58. The van der Waals surface area contributed by atoms with Crippen molar-refractivity contribution in [3.8, 4) is 10.6 Å². The number of aryl methyl sites for hydroxylation is 1. The highest BCUT2D eigenvalue weighted by molar-refractivity contribution is 7.15. The average Bonchev–Trinajstić information content (AvgIpc) is 2.69. The van der Waals surface area contributed by atoms with E-state index < -0.39 is 0 Å². The van der Waals surface area contributed by atoms with E-state index in [-0.39, 0.29) is 0 Å². The van der Waals surface area contributed by atoms with Gasteiger partial charge in [0.05, 0.1) is 10.6 Å². The van der Waals surface area contributed by atoms with Gasteiger partial charge in [-0.25, -0.2) is 0 Å². The maximum Gasteiger partial charge on any atom is 0.0801 e. The van der Waals surface area contributed by atoms with Crippen LogP contribution in [0, 0.1) is 6.92 Å². The van der Waals surface area contributed by atoms with Crippen LogP contribution in [-0.4, -0.2) is 4.98 Å². The lowest BCUT2D eigenvalue weighted by atomic mass is 10.2. The molecule has 0 fully saturated rings. The highest BCUT2D eigenvalue weighted by atomic mass is 32.1. The summed E-state index contributed by atoms with van der Waals surface area (Å²) in [6.07, 6.45) is 7.16. The molecule has 0 aliphatic carbocycles. The van der Waals surface area contributed by atoms with Crippen LogP contribution in [0.15, 0.2) is 42.6 Å². The Morgan fingerprint density at radius 1 is 1.38 bits per heavy atom. The second-order valence-corrected chi connectivity index (χ2v) is 4.84. The minimum atomic E-state index is 1.03. The zero-order chi connectivity index (χ0) is 11.4. The van der Waals surface area contributed by atoms with Crippen molar-refractivity contribution in [3.05, 3.63) is 53.1 Å². The Kier molecular flexibility index (Phi) is 3.52. The van der Waals surface area contributed by atoms with E-state index in [0.717, 1.165) is 12.1 Å². The first-order chi connectivity index (χ1) is 7.81. The quantitative estimate of drug-likeness (QED) is 0.717. The third kappa shape index (κ3) is 2.39. The molecule has 2 aromatic heterocycles. The highest BCUT2D eigenvalue weighted by Crippen LogP contribution is 2.30. The lowest BCUT2D eigenvalue weighted by molar-refractivity contribution is 1.28. The minimum absolute atomic E-state index is 1.03. The molecule has 2 rings (SSSR count). The predicted molar refractivity (Wildman–Crippen MR) is 70.8 cm³/mol. The molecule has 2 heteroatoms. The average molecular weight is 229 g/mol. The molecule has 0 unspecified atom stereocenters. The Morgan fingerprint density at radius 3 is 2.94 bits per heavy atom. The summed E-state index contributed by atoms with van der Waals surface area (Å²) < 4.78 is 0. The van der Waals surface area contributed by atoms with Crippen molar-refractivity contribution in [2.24, 2.45) is 0 Å². The third-order valence-corrected chi connectivity index (χ3v) is 3.76. The van der Waals surface area contributed by atoms with Gasteiger partial charge < -0.3 is 0 Å². The summed E-state index contributed by atoms with van der Waals surface area (Å²) >= 11 is 1.84. The largest absolute Gasteiger partial charge is 0.255 e. The van der Waals surface area contributed by atoms with Gasteiger partial charge in [0.1, 0.15) is 0 Å². The van der Waals surface area contributed by atoms with Gasteiger partial charge in [-0.05, 0) is 44.0 Å². The molecular weight excluding hydrogens is 214 g/mol. The summed E-state index contributed by atoms with van der Waals surface area (Å²) in [5.74, 6) is 0. The van der Waals surface area contributed by atoms with Gasteiger partial charge in [-0.3, -0.25) is 4.98 Å². The highest BCUT2D eigenvalue weighted by Gasteiger charge is 2.06. The van der Waals surface area contributed by atoms with Gasteiger partial charge in [0.2, 0.25) is 0 Å². The lowest BCUT2D eigenvalue weighted by Crippen LogP contribution is -1.75. The SMILES string of the molecule is C/C=C\Cc1sc(-c2ccccn2)cc1C. The summed E-state index contributed by atoms with van der Waals surface area (Å²) in [5.41, 5.74) is 2.44. The molecule has 0 atom stereocenters. The number of pyridine rings is 1. The molecule has 0 aliphatic heterocycles. The summed E-state index contributed by atoms with van der Waals surface area (Å²) in [6, 6.07) is 8.27. The van der Waals surface area contributed by atoms with Crippen LogP contribution in [0.2, 0.25) is 0 Å². The molecule has 1 nitrogen and oxygen atoms in total. The first-order valence-corrected chi connectivity index (χ1v) is 6.25. The maximum absolute atomic E-state index is 4.38. The molecule has 2 aromatic rings. The standard InChI is InChI=1S/C14H15NS/c1-3-4-8-13-11(2)10-14(16-13)12-7-5-6-9-15-12/h3-7,9-10H,8H2,1-2H3/b4-3-. The monoisotopic (exact) mass is 229 g/mol. The Morgan fingerprint density at radius 2 is 2.25 bits per heavy atom. The van der Waals surface area contributed by atoms with Gasteiger partial charge in [-0.1, -0.05) is 18.2 Å². The number of thiophene rings is 1. The molecule has 0 spiro atoms. The molecule has 0 amide bonds. The Labute approximate surface area is 100 Å². The van der Waals surface area contributed by atoms with Crippen molar-refractivity contribution >= 4 is 11.3 Å². The maximum atomic E-state index is 4.38. The normalized spacial score (nSPS) is 11.1. The van der Waals surface area contributed by atoms with Crippen LogP contribution in [-0.2, 0) is 6.42 Å². The number of nitrogens with zero attached hydrogens (tertiary/aromatic N) is 1. The third-order valence-electron chi connectivity index (χ3n) is 2.48. The number of hydrogen-bond acceptors (Lipinski definition) is 2. The van der Waals surface area contributed by atoms with Crippen LogP contribution in [0.5, 0.6) is 0 Å². The Bertz CT molecular complexity index is 483. The fraction of sp³-hybridized carbons (Fsp3) is 0.214. The number of hydrogen-bond donors (Lipinski definition) is 0. The van der Waals surface area contributed by atoms with Gasteiger partial charge in [0.15, 0.2) is 0 Å². The molecule has 0 saturated heterocycles. The molecule has 2 heterocycles. The predicted octanol–water partition coefficient (Wildman–Crippen LogP) is 4.24. The van der Waals surface area contributed by atoms with Crippen molar-refractivity contribution in [2.45, 2.75) is 20.3 Å². The Hall–Kier alpha value is -1.41. The smallest absolute Gasteiger partial charge is 0.0801 e. The van der Waals surface area contributed by atoms with E-state index in [0.29, 0.717) is 0 Å². The van der Waals surface area contributed by atoms with Crippen molar-refractivity contribution in [1.29, 1.82) is 0 Å². The summed E-state index contributed by atoms with van der Waals surface area (Å²) in [5, 5.41) is 0. The molecular formula is C14H15NS. The first-order valence-electron chi connectivity index (χ1n) is 5.43. The van der Waals surface area contributed by atoms with Crippen LogP contribution in [0.25, 0.3) is 10.6 Å². The zero-order valence-electron chi connectivity index (χ0n) is 9.60. The van der Waals surface area contributed by atoms with Crippen LogP contribution in [0.1, 0.15) is 17.4 Å². The van der Waals surface area contributed by atoms with E-state index in [1.54, 1.807) is 0 Å². The summed E-state index contributed by atoms with van der Waals surface area (Å²) in [6.45, 7) is 4.23. The van der Waals surface area contributed by atoms with Gasteiger partial charge in [-0.15, -0.1) is 11.3 Å². The van der Waals surface area contributed by atoms with E-state index in [2.05, 4.69) is 43.1 Å². The number of allylic oxidation sites excluding steroid dienone is 2. The lowest BCUT2D eigenvalue weighted by Gasteiger charge is -1.93. The second-order valence-electron chi connectivity index (χ2n) is 3.70. The number of aromatic nitrogens is 1. The van der Waals surface area contributed by atoms with E-state index in [1.807, 2.05) is 29.7 Å². The molecule has 0 bridgehead atoms. The van der Waals surface area contributed by atoms with E-state index in [9.17, 15) is 0 Å². The van der Waals surface area contributed by atoms with Crippen LogP contribution >= 0.6 is 11.3 Å². The van der Waals surface area contributed by atoms with E-state index in [4.69, 9.17) is 0 Å². The summed E-state index contributed by atoms with van der Waals surface area (Å²) in [7, 11) is 0. The van der Waals surface area contributed by atoms with Crippen molar-refractivity contribution in [3.63, 3.8) is 0 Å². The number of rotatable bonds is 3. The minimum Gasteiger partial charge on any atom is -0.255 e. The van der Waals surface area contributed by atoms with Gasteiger partial charge >= 0.3 is 0 Å². The van der Waals surface area contributed by atoms with Crippen LogP contribution in [0.3, 0.4) is 0 Å². The molecule has 0 radical (unpaired) electrons. The van der Waals surface area contributed by atoms with Crippen molar-refractivity contribution in [2.75, 3.05) is 0 Å². The van der Waals surface area contributed by atoms with Crippen molar-refractivity contribution in [1.82, 2.24) is 4.98 Å². The molecule has 0 N–H and O–H groups in total. The van der Waals surface area contributed by atoms with Gasteiger partial charge in [-0.2, -0.15) is 0 Å². The topological polar surface area (TPSA) is 12.9 Å². The molecule has 0 aromatic carbocycles. The van der Waals surface area contributed by atoms with Crippen molar-refractivity contribution < 1.29 is 0 Å². The van der Waals surface area contributed by atoms with Crippen LogP contribution < -0.4 is 0 Å². The molecule has 82 valence electrons.